The lowest BCUT2D eigenvalue weighted by Gasteiger charge is -2.13. The van der Waals surface area contributed by atoms with Gasteiger partial charge in [0.25, 0.3) is 5.56 Å². The molecule has 0 fully saturated rings. The topological polar surface area (TPSA) is 92.9 Å². The van der Waals surface area contributed by atoms with Gasteiger partial charge in [-0.05, 0) is 25.5 Å². The maximum Gasteiger partial charge on any atom is 0.334 e. The predicted octanol–water partition coefficient (Wildman–Crippen LogP) is 1.24. The summed E-state index contributed by atoms with van der Waals surface area (Å²) in [6.07, 6.45) is 0.850. The monoisotopic (exact) mass is 274 g/mol. The van der Waals surface area contributed by atoms with E-state index >= 15 is 0 Å². The Hall–Kier alpha value is -2.50. The molecular formula is C14H18N4O2. The first-order valence-corrected chi connectivity index (χ1v) is 6.50. The number of H-pyrrole nitrogens is 1. The van der Waals surface area contributed by atoms with Crippen LogP contribution in [0.1, 0.15) is 18.9 Å². The molecule has 0 aliphatic heterocycles. The molecule has 2 rings (SSSR count). The van der Waals surface area contributed by atoms with Crippen molar-refractivity contribution < 1.29 is 0 Å². The average Bonchev–Trinajstić information content (AvgIpc) is 2.40. The molecule has 20 heavy (non-hydrogen) atoms. The summed E-state index contributed by atoms with van der Waals surface area (Å²) >= 11 is 0. The average molecular weight is 274 g/mol. The van der Waals surface area contributed by atoms with Crippen LogP contribution in [0.3, 0.4) is 0 Å². The van der Waals surface area contributed by atoms with E-state index in [1.807, 2.05) is 26.0 Å². The number of hydrogen-bond donors (Lipinski definition) is 3. The molecule has 0 unspecified atom stereocenters. The molecule has 0 saturated carbocycles. The minimum atomic E-state index is -0.543. The van der Waals surface area contributed by atoms with Gasteiger partial charge in [-0.3, -0.25) is 9.78 Å². The van der Waals surface area contributed by atoms with E-state index in [9.17, 15) is 9.59 Å². The minimum Gasteiger partial charge on any atom is -0.383 e. The van der Waals surface area contributed by atoms with E-state index in [-0.39, 0.29) is 11.5 Å². The Kier molecular flexibility index (Phi) is 3.93. The molecule has 0 radical (unpaired) electrons. The third kappa shape index (κ3) is 2.59. The highest BCUT2D eigenvalue weighted by Crippen LogP contribution is 2.16. The first-order valence-electron chi connectivity index (χ1n) is 6.50. The molecule has 0 amide bonds. The molecule has 0 aliphatic carbocycles. The number of hydrogen-bond acceptors (Lipinski definition) is 4. The predicted molar refractivity (Wildman–Crippen MR) is 80.6 cm³/mol. The molecule has 6 heteroatoms. The molecule has 6 nitrogen and oxygen atoms in total. The Morgan fingerprint density at radius 3 is 2.50 bits per heavy atom. The van der Waals surface area contributed by atoms with Crippen LogP contribution in [0.25, 0.3) is 5.69 Å². The van der Waals surface area contributed by atoms with Gasteiger partial charge >= 0.3 is 5.69 Å². The molecule has 0 spiro atoms. The second-order valence-corrected chi connectivity index (χ2v) is 4.62. The first kappa shape index (κ1) is 13.9. The Morgan fingerprint density at radius 1 is 1.25 bits per heavy atom. The van der Waals surface area contributed by atoms with Crippen LogP contribution in [0.5, 0.6) is 0 Å². The summed E-state index contributed by atoms with van der Waals surface area (Å²) in [5.41, 5.74) is 6.86. The van der Waals surface area contributed by atoms with Gasteiger partial charge in [0.2, 0.25) is 0 Å². The van der Waals surface area contributed by atoms with Gasteiger partial charge in [0.1, 0.15) is 11.5 Å². The van der Waals surface area contributed by atoms with E-state index < -0.39 is 11.2 Å². The number of rotatable bonds is 4. The molecule has 106 valence electrons. The van der Waals surface area contributed by atoms with Crippen LogP contribution >= 0.6 is 0 Å². The fourth-order valence-electron chi connectivity index (χ4n) is 1.92. The zero-order valence-electron chi connectivity index (χ0n) is 11.6. The number of nitrogens with two attached hydrogens (primary N) is 1. The molecule has 0 saturated heterocycles. The summed E-state index contributed by atoms with van der Waals surface area (Å²) in [6.45, 7) is 4.55. The van der Waals surface area contributed by atoms with Gasteiger partial charge in [-0.15, -0.1) is 0 Å². The number of benzene rings is 1. The van der Waals surface area contributed by atoms with Gasteiger partial charge in [0, 0.05) is 6.54 Å². The molecular weight excluding hydrogens is 256 g/mol. The van der Waals surface area contributed by atoms with Crippen LogP contribution in [-0.2, 0) is 0 Å². The third-order valence-corrected chi connectivity index (χ3v) is 2.99. The van der Waals surface area contributed by atoms with Crippen LogP contribution in [0, 0.1) is 6.92 Å². The molecule has 2 aromatic rings. The van der Waals surface area contributed by atoms with Gasteiger partial charge in [0.15, 0.2) is 0 Å². The number of nitrogens with one attached hydrogen (secondary N) is 2. The summed E-state index contributed by atoms with van der Waals surface area (Å²) in [6, 6.07) is 7.33. The summed E-state index contributed by atoms with van der Waals surface area (Å²) in [4.78, 5) is 26.0. The first-order chi connectivity index (χ1) is 9.54. The zero-order valence-corrected chi connectivity index (χ0v) is 11.6. The van der Waals surface area contributed by atoms with Crippen molar-refractivity contribution in [3.8, 4) is 5.69 Å². The second-order valence-electron chi connectivity index (χ2n) is 4.62. The number of nitrogen functional groups attached to an aromatic ring is 1. The highest BCUT2D eigenvalue weighted by atomic mass is 16.2. The Bertz CT molecular complexity index is 713. The molecule has 0 atom stereocenters. The Balaban J connectivity index is 2.61. The molecule has 0 bridgehead atoms. The van der Waals surface area contributed by atoms with Crippen molar-refractivity contribution in [2.75, 3.05) is 17.6 Å². The summed E-state index contributed by atoms with van der Waals surface area (Å²) < 4.78 is 1.29. The maximum atomic E-state index is 12.0. The van der Waals surface area contributed by atoms with E-state index in [4.69, 9.17) is 5.73 Å². The Morgan fingerprint density at radius 2 is 1.90 bits per heavy atom. The van der Waals surface area contributed by atoms with E-state index in [0.717, 1.165) is 12.0 Å². The lowest BCUT2D eigenvalue weighted by molar-refractivity contribution is 0.897. The molecule has 0 aliphatic rings. The standard InChI is InChI=1S/C14H18N4O2/c1-3-8-16-11-12(15)18(14(20)17-13(11)19)10-6-4-9(2)5-7-10/h4-7,16H,3,8,15H2,1-2H3,(H,17,19,20). The molecule has 4 N–H and O–H groups in total. The van der Waals surface area contributed by atoms with Crippen molar-refractivity contribution in [1.29, 1.82) is 0 Å². The third-order valence-electron chi connectivity index (χ3n) is 2.99. The molecule has 1 aromatic heterocycles. The van der Waals surface area contributed by atoms with Crippen molar-refractivity contribution in [1.82, 2.24) is 9.55 Å². The number of aromatic nitrogens is 2. The summed E-state index contributed by atoms with van der Waals surface area (Å²) in [5.74, 6) is 0.121. The van der Waals surface area contributed by atoms with Crippen molar-refractivity contribution in [2.45, 2.75) is 20.3 Å². The van der Waals surface area contributed by atoms with Gasteiger partial charge in [-0.1, -0.05) is 24.6 Å². The van der Waals surface area contributed by atoms with Crippen molar-refractivity contribution in [3.63, 3.8) is 0 Å². The second kappa shape index (κ2) is 5.64. The van der Waals surface area contributed by atoms with Crippen molar-refractivity contribution >= 4 is 11.5 Å². The van der Waals surface area contributed by atoms with E-state index in [0.29, 0.717) is 12.2 Å². The molecule has 1 aromatic carbocycles. The van der Waals surface area contributed by atoms with Crippen LogP contribution in [0.4, 0.5) is 11.5 Å². The lowest BCUT2D eigenvalue weighted by atomic mass is 10.2. The van der Waals surface area contributed by atoms with E-state index in [1.165, 1.54) is 4.57 Å². The minimum absolute atomic E-state index is 0.121. The highest BCUT2D eigenvalue weighted by molar-refractivity contribution is 5.63. The summed E-state index contributed by atoms with van der Waals surface area (Å²) in [5, 5.41) is 2.95. The van der Waals surface area contributed by atoms with Crippen LogP contribution in [0.2, 0.25) is 0 Å². The summed E-state index contributed by atoms with van der Waals surface area (Å²) in [7, 11) is 0. The fraction of sp³-hybridized carbons (Fsp3) is 0.286. The fourth-order valence-corrected chi connectivity index (χ4v) is 1.92. The van der Waals surface area contributed by atoms with Gasteiger partial charge in [-0.25, -0.2) is 9.36 Å². The van der Waals surface area contributed by atoms with E-state index in [2.05, 4.69) is 10.3 Å². The van der Waals surface area contributed by atoms with Crippen molar-refractivity contribution in [3.05, 3.63) is 50.7 Å². The number of anilines is 2. The van der Waals surface area contributed by atoms with Crippen LogP contribution in [0.15, 0.2) is 33.9 Å². The zero-order chi connectivity index (χ0) is 14.7. The number of aromatic amines is 1. The van der Waals surface area contributed by atoms with Crippen LogP contribution in [-0.4, -0.2) is 16.1 Å². The SMILES string of the molecule is CCCNc1c(N)n(-c2ccc(C)cc2)c(=O)[nH]c1=O. The highest BCUT2D eigenvalue weighted by Gasteiger charge is 2.12. The molecule has 1 heterocycles. The van der Waals surface area contributed by atoms with Gasteiger partial charge in [-0.2, -0.15) is 0 Å². The van der Waals surface area contributed by atoms with Crippen LogP contribution < -0.4 is 22.3 Å². The maximum absolute atomic E-state index is 12.0. The normalized spacial score (nSPS) is 10.5. The van der Waals surface area contributed by atoms with E-state index in [1.54, 1.807) is 12.1 Å². The quantitative estimate of drug-likeness (QED) is 0.782. The smallest absolute Gasteiger partial charge is 0.334 e. The Labute approximate surface area is 116 Å². The van der Waals surface area contributed by atoms with Crippen molar-refractivity contribution in [2.24, 2.45) is 0 Å². The van der Waals surface area contributed by atoms with Gasteiger partial charge in [0.05, 0.1) is 5.69 Å². The largest absolute Gasteiger partial charge is 0.383 e. The number of aryl methyl sites for hydroxylation is 1. The lowest BCUT2D eigenvalue weighted by Crippen LogP contribution is -2.33. The number of nitrogens with zero attached hydrogens (tertiary/aromatic N) is 1. The van der Waals surface area contributed by atoms with Gasteiger partial charge < -0.3 is 11.1 Å².